The highest BCUT2D eigenvalue weighted by Crippen LogP contribution is 2.43. The summed E-state index contributed by atoms with van der Waals surface area (Å²) in [4.78, 5) is 25.7. The summed E-state index contributed by atoms with van der Waals surface area (Å²) in [5.74, 6) is -3.22. The van der Waals surface area contributed by atoms with E-state index in [1.807, 2.05) is 74.5 Å². The average Bonchev–Trinajstić information content (AvgIpc) is 3.68. The van der Waals surface area contributed by atoms with Gasteiger partial charge in [-0.15, -0.1) is 0 Å². The summed E-state index contributed by atoms with van der Waals surface area (Å²) in [6.07, 6.45) is -9.51. The molecule has 10 atom stereocenters. The number of fused-ring (bicyclic) bond motifs is 1. The molecule has 2 aromatic carbocycles. The molecular weight excluding hydrogens is 628 g/mol. The lowest BCUT2D eigenvalue weighted by molar-refractivity contribution is -0.334. The summed E-state index contributed by atoms with van der Waals surface area (Å²) in [6, 6.07) is 19.0. The van der Waals surface area contributed by atoms with Crippen molar-refractivity contribution in [2.75, 3.05) is 13.7 Å². The number of esters is 2. The van der Waals surface area contributed by atoms with Gasteiger partial charge < -0.3 is 52.1 Å². The molecule has 0 amide bonds. The van der Waals surface area contributed by atoms with Crippen molar-refractivity contribution in [3.8, 4) is 0 Å². The minimum absolute atomic E-state index is 0.114. The summed E-state index contributed by atoms with van der Waals surface area (Å²) >= 11 is 0. The summed E-state index contributed by atoms with van der Waals surface area (Å²) in [5, 5.41) is 0. The van der Waals surface area contributed by atoms with Gasteiger partial charge in [-0.1, -0.05) is 60.7 Å². The van der Waals surface area contributed by atoms with E-state index in [2.05, 4.69) is 0 Å². The van der Waals surface area contributed by atoms with Gasteiger partial charge in [0.25, 0.3) is 0 Å². The average molecular weight is 673 g/mol. The summed E-state index contributed by atoms with van der Waals surface area (Å²) in [5.41, 5.74) is 1.72. The first kappa shape index (κ1) is 34.9. The number of ether oxygens (including phenoxy) is 11. The SMILES string of the molecule is COC(=O)[C@H]1O[C@H](O[C@@H]2[C@H]3OC(C)(C)O[C@H]3O[C@@H]2[C@H]2COC(C)(C)O2)[C@@H](OCc2ccccc2)[C@@H](OCc2ccccc2)[C@@H]1OC(C)=O. The highest BCUT2D eigenvalue weighted by atomic mass is 16.9. The van der Waals surface area contributed by atoms with Crippen molar-refractivity contribution in [2.45, 2.75) is 121 Å². The zero-order valence-corrected chi connectivity index (χ0v) is 28.0. The lowest BCUT2D eigenvalue weighted by atomic mass is 9.97. The monoisotopic (exact) mass is 672 g/mol. The highest BCUT2D eigenvalue weighted by Gasteiger charge is 2.61. The molecule has 4 saturated heterocycles. The van der Waals surface area contributed by atoms with Crippen LogP contribution in [0.5, 0.6) is 0 Å². The number of rotatable bonds is 11. The lowest BCUT2D eigenvalue weighted by Gasteiger charge is -2.45. The Balaban J connectivity index is 1.36. The summed E-state index contributed by atoms with van der Waals surface area (Å²) in [7, 11) is 1.22. The van der Waals surface area contributed by atoms with E-state index < -0.39 is 84.9 Å². The third-order valence-electron chi connectivity index (χ3n) is 8.52. The largest absolute Gasteiger partial charge is 0.467 e. The van der Waals surface area contributed by atoms with Gasteiger partial charge in [-0.3, -0.25) is 4.79 Å². The third kappa shape index (κ3) is 7.91. The molecule has 262 valence electrons. The molecule has 2 aromatic rings. The fourth-order valence-corrected chi connectivity index (χ4v) is 6.44. The molecule has 0 aliphatic carbocycles. The van der Waals surface area contributed by atoms with Crippen molar-refractivity contribution in [1.82, 2.24) is 0 Å². The van der Waals surface area contributed by atoms with Crippen molar-refractivity contribution >= 4 is 11.9 Å². The number of benzene rings is 2. The number of carbonyl (C=O) groups is 2. The predicted molar refractivity (Wildman–Crippen MR) is 165 cm³/mol. The van der Waals surface area contributed by atoms with Gasteiger partial charge in [0.15, 0.2) is 36.4 Å². The Morgan fingerprint density at radius 1 is 0.750 bits per heavy atom. The van der Waals surface area contributed by atoms with Crippen molar-refractivity contribution in [3.63, 3.8) is 0 Å². The van der Waals surface area contributed by atoms with E-state index in [1.54, 1.807) is 13.8 Å². The Kier molecular flexibility index (Phi) is 10.5. The van der Waals surface area contributed by atoms with Gasteiger partial charge in [0.2, 0.25) is 0 Å². The first-order valence-electron chi connectivity index (χ1n) is 16.1. The van der Waals surface area contributed by atoms with Crippen LogP contribution in [0.4, 0.5) is 0 Å². The van der Waals surface area contributed by atoms with Gasteiger partial charge in [0.05, 0.1) is 26.9 Å². The van der Waals surface area contributed by atoms with Gasteiger partial charge in [-0.05, 0) is 38.8 Å². The highest BCUT2D eigenvalue weighted by molar-refractivity contribution is 5.76. The third-order valence-corrected chi connectivity index (χ3v) is 8.52. The van der Waals surface area contributed by atoms with Crippen LogP contribution in [-0.2, 0) is 74.9 Å². The van der Waals surface area contributed by atoms with Crippen LogP contribution < -0.4 is 0 Å². The Labute approximate surface area is 279 Å². The Morgan fingerprint density at radius 2 is 1.38 bits per heavy atom. The maximum atomic E-state index is 13.3. The first-order valence-corrected chi connectivity index (χ1v) is 16.1. The topological polar surface area (TPSA) is 136 Å². The van der Waals surface area contributed by atoms with Gasteiger partial charge in [-0.2, -0.15) is 0 Å². The quantitative estimate of drug-likeness (QED) is 0.323. The standard InChI is InChI=1S/C35H44O13/c1-20(36)42-27-25(39-17-21-13-9-7-10-14-21)29(40-18-22-15-11-8-12-16-22)32(45-28(27)31(37)38-6)44-26-24(23-19-41-34(2,3)46-23)43-33-30(26)47-35(4,5)48-33/h7-16,23-30,32-33H,17-19H2,1-6H3/t23-,24-,25+,26+,27+,28+,29+,30-,32+,33-/m1/s1. The second kappa shape index (κ2) is 14.5. The zero-order valence-electron chi connectivity index (χ0n) is 28.0. The van der Waals surface area contributed by atoms with E-state index in [0.717, 1.165) is 11.1 Å². The molecule has 4 heterocycles. The van der Waals surface area contributed by atoms with E-state index in [0.29, 0.717) is 0 Å². The molecule has 0 N–H and O–H groups in total. The molecule has 6 rings (SSSR count). The molecule has 4 aliphatic rings. The van der Waals surface area contributed by atoms with Crippen molar-refractivity contribution < 1.29 is 61.7 Å². The maximum Gasteiger partial charge on any atom is 0.339 e. The van der Waals surface area contributed by atoms with Crippen LogP contribution in [0.1, 0.15) is 45.7 Å². The van der Waals surface area contributed by atoms with Crippen molar-refractivity contribution in [1.29, 1.82) is 0 Å². The molecule has 48 heavy (non-hydrogen) atoms. The molecule has 4 aliphatic heterocycles. The van der Waals surface area contributed by atoms with Gasteiger partial charge in [0, 0.05) is 6.92 Å². The molecule has 0 bridgehead atoms. The summed E-state index contributed by atoms with van der Waals surface area (Å²) < 4.78 is 67.7. The van der Waals surface area contributed by atoms with Crippen LogP contribution in [0.15, 0.2) is 60.7 Å². The molecule has 0 spiro atoms. The van der Waals surface area contributed by atoms with Crippen LogP contribution >= 0.6 is 0 Å². The second-order valence-electron chi connectivity index (χ2n) is 13.1. The molecule has 0 saturated carbocycles. The van der Waals surface area contributed by atoms with E-state index in [9.17, 15) is 9.59 Å². The molecule has 13 nitrogen and oxygen atoms in total. The number of methoxy groups -OCH3 is 1. The van der Waals surface area contributed by atoms with E-state index in [1.165, 1.54) is 14.0 Å². The van der Waals surface area contributed by atoms with Crippen LogP contribution in [0.3, 0.4) is 0 Å². The molecular formula is C35H44O13. The smallest absolute Gasteiger partial charge is 0.339 e. The van der Waals surface area contributed by atoms with Crippen molar-refractivity contribution in [3.05, 3.63) is 71.8 Å². The Bertz CT molecular complexity index is 1390. The number of hydrogen-bond donors (Lipinski definition) is 0. The minimum atomic E-state index is -1.42. The lowest BCUT2D eigenvalue weighted by Crippen LogP contribution is -2.64. The van der Waals surface area contributed by atoms with Crippen LogP contribution in [0, 0.1) is 0 Å². The number of hydrogen-bond acceptors (Lipinski definition) is 13. The zero-order chi connectivity index (χ0) is 34.1. The van der Waals surface area contributed by atoms with Crippen LogP contribution in [0.25, 0.3) is 0 Å². The van der Waals surface area contributed by atoms with Crippen LogP contribution in [-0.4, -0.2) is 98.6 Å². The van der Waals surface area contributed by atoms with Crippen LogP contribution in [0.2, 0.25) is 0 Å². The predicted octanol–water partition coefficient (Wildman–Crippen LogP) is 3.40. The van der Waals surface area contributed by atoms with E-state index in [-0.39, 0.29) is 19.8 Å². The fraction of sp³-hybridized carbons (Fsp3) is 0.600. The fourth-order valence-electron chi connectivity index (χ4n) is 6.44. The first-order chi connectivity index (χ1) is 22.9. The Hall–Kier alpha value is -2.98. The Morgan fingerprint density at radius 3 is 1.94 bits per heavy atom. The number of carbonyl (C=O) groups excluding carboxylic acids is 2. The van der Waals surface area contributed by atoms with Gasteiger partial charge in [0.1, 0.15) is 36.6 Å². The van der Waals surface area contributed by atoms with E-state index in [4.69, 9.17) is 52.1 Å². The molecule has 0 aromatic heterocycles. The van der Waals surface area contributed by atoms with Crippen molar-refractivity contribution in [2.24, 2.45) is 0 Å². The molecule has 0 unspecified atom stereocenters. The molecule has 0 radical (unpaired) electrons. The van der Waals surface area contributed by atoms with E-state index >= 15 is 0 Å². The van der Waals surface area contributed by atoms with Gasteiger partial charge >= 0.3 is 11.9 Å². The molecule has 4 fully saturated rings. The summed E-state index contributed by atoms with van der Waals surface area (Å²) in [6.45, 7) is 8.93. The molecule has 13 heteroatoms. The minimum Gasteiger partial charge on any atom is -0.467 e. The maximum absolute atomic E-state index is 13.3. The normalized spacial score (nSPS) is 35.2. The van der Waals surface area contributed by atoms with Gasteiger partial charge in [-0.25, -0.2) is 4.79 Å². The second-order valence-corrected chi connectivity index (χ2v) is 13.1.